The lowest BCUT2D eigenvalue weighted by Crippen LogP contribution is -2.23. The van der Waals surface area contributed by atoms with E-state index >= 15 is 0 Å². The summed E-state index contributed by atoms with van der Waals surface area (Å²) in [7, 11) is 0. The molecule has 0 aromatic carbocycles. The van der Waals surface area contributed by atoms with Crippen molar-refractivity contribution in [3.05, 3.63) is 54.0 Å². The van der Waals surface area contributed by atoms with Gasteiger partial charge in [-0.3, -0.25) is 4.90 Å². The molecule has 5 heteroatoms. The van der Waals surface area contributed by atoms with Crippen LogP contribution in [0.15, 0.2) is 35.5 Å². The molecule has 0 spiro atoms. The van der Waals surface area contributed by atoms with E-state index in [0.717, 1.165) is 49.8 Å². The van der Waals surface area contributed by atoms with Gasteiger partial charge in [0.25, 0.3) is 0 Å². The van der Waals surface area contributed by atoms with E-state index in [-0.39, 0.29) is 0 Å². The number of rotatable bonds is 6. The van der Waals surface area contributed by atoms with Crippen LogP contribution in [0.25, 0.3) is 0 Å². The van der Waals surface area contributed by atoms with Crippen LogP contribution in [0, 0.1) is 6.92 Å². The van der Waals surface area contributed by atoms with Crippen molar-refractivity contribution < 1.29 is 9.15 Å². The standard InChI is InChI=1S/C17H23N3O2/c1-3-9-21-12-16-17-11-19(7-4-8-20(17)13-18-16)10-15-6-5-14(2)22-15/h3,5-6,13H,1,4,7-12H2,2H3. The molecule has 0 saturated heterocycles. The molecule has 2 aromatic rings. The monoisotopic (exact) mass is 301 g/mol. The summed E-state index contributed by atoms with van der Waals surface area (Å²) < 4.78 is 13.5. The molecule has 0 atom stereocenters. The van der Waals surface area contributed by atoms with Crippen molar-refractivity contribution in [2.45, 2.75) is 39.6 Å². The van der Waals surface area contributed by atoms with Gasteiger partial charge in [0, 0.05) is 19.6 Å². The van der Waals surface area contributed by atoms with Gasteiger partial charge in [0.2, 0.25) is 0 Å². The number of aromatic nitrogens is 2. The molecule has 0 unspecified atom stereocenters. The Bertz CT molecular complexity index is 630. The van der Waals surface area contributed by atoms with Crippen LogP contribution >= 0.6 is 0 Å². The molecule has 5 nitrogen and oxygen atoms in total. The zero-order valence-electron chi connectivity index (χ0n) is 13.1. The average molecular weight is 301 g/mol. The van der Waals surface area contributed by atoms with Gasteiger partial charge in [-0.05, 0) is 25.5 Å². The summed E-state index contributed by atoms with van der Waals surface area (Å²) in [5, 5.41) is 0. The first-order valence-corrected chi connectivity index (χ1v) is 7.75. The maximum atomic E-state index is 5.71. The molecule has 0 aliphatic carbocycles. The minimum atomic E-state index is 0.544. The van der Waals surface area contributed by atoms with Crippen LogP contribution in [-0.4, -0.2) is 27.6 Å². The van der Waals surface area contributed by atoms with E-state index in [4.69, 9.17) is 9.15 Å². The third-order valence-electron chi connectivity index (χ3n) is 3.93. The summed E-state index contributed by atoms with van der Waals surface area (Å²) in [5.74, 6) is 1.99. The van der Waals surface area contributed by atoms with Gasteiger partial charge in [-0.2, -0.15) is 0 Å². The van der Waals surface area contributed by atoms with Crippen molar-refractivity contribution in [2.24, 2.45) is 0 Å². The highest BCUT2D eigenvalue weighted by Gasteiger charge is 2.19. The number of ether oxygens (including phenoxy) is 1. The molecule has 0 fully saturated rings. The van der Waals surface area contributed by atoms with Crippen LogP contribution in [0.2, 0.25) is 0 Å². The van der Waals surface area contributed by atoms with Gasteiger partial charge in [0.05, 0.1) is 37.5 Å². The molecule has 0 radical (unpaired) electrons. The van der Waals surface area contributed by atoms with Gasteiger partial charge in [-0.25, -0.2) is 4.98 Å². The van der Waals surface area contributed by atoms with Crippen LogP contribution in [-0.2, 0) is 31.0 Å². The van der Waals surface area contributed by atoms with E-state index in [1.807, 2.05) is 19.3 Å². The Morgan fingerprint density at radius 3 is 3.09 bits per heavy atom. The summed E-state index contributed by atoms with van der Waals surface area (Å²) in [4.78, 5) is 6.92. The van der Waals surface area contributed by atoms with Crippen molar-refractivity contribution in [2.75, 3.05) is 13.2 Å². The smallest absolute Gasteiger partial charge is 0.118 e. The maximum Gasteiger partial charge on any atom is 0.118 e. The molecule has 1 aliphatic heterocycles. The van der Waals surface area contributed by atoms with Gasteiger partial charge in [-0.15, -0.1) is 6.58 Å². The first kappa shape index (κ1) is 15.1. The molecule has 22 heavy (non-hydrogen) atoms. The van der Waals surface area contributed by atoms with Gasteiger partial charge >= 0.3 is 0 Å². The van der Waals surface area contributed by atoms with Crippen molar-refractivity contribution in [1.82, 2.24) is 14.5 Å². The van der Waals surface area contributed by atoms with Gasteiger partial charge < -0.3 is 13.7 Å². The maximum absolute atomic E-state index is 5.71. The van der Waals surface area contributed by atoms with Crippen LogP contribution in [0.1, 0.15) is 29.3 Å². The third-order valence-corrected chi connectivity index (χ3v) is 3.93. The van der Waals surface area contributed by atoms with Crippen LogP contribution in [0.5, 0.6) is 0 Å². The van der Waals surface area contributed by atoms with Crippen molar-refractivity contribution >= 4 is 0 Å². The van der Waals surface area contributed by atoms with E-state index < -0.39 is 0 Å². The molecule has 0 amide bonds. The van der Waals surface area contributed by atoms with Gasteiger partial charge in [0.1, 0.15) is 11.5 Å². The van der Waals surface area contributed by atoms with E-state index in [9.17, 15) is 0 Å². The normalized spacial score (nSPS) is 15.5. The van der Waals surface area contributed by atoms with Crippen molar-refractivity contribution in [3.8, 4) is 0 Å². The second-order valence-corrected chi connectivity index (χ2v) is 5.71. The fourth-order valence-corrected chi connectivity index (χ4v) is 2.86. The summed E-state index contributed by atoms with van der Waals surface area (Å²) in [6, 6.07) is 4.08. The SMILES string of the molecule is C=CCOCc1ncn2c1CN(Cc1ccc(C)o1)CCC2. The van der Waals surface area contributed by atoms with Crippen LogP contribution < -0.4 is 0 Å². The molecule has 1 aliphatic rings. The van der Waals surface area contributed by atoms with Gasteiger partial charge in [-0.1, -0.05) is 6.08 Å². The van der Waals surface area contributed by atoms with Crippen molar-refractivity contribution in [3.63, 3.8) is 0 Å². The molecular formula is C17H23N3O2. The van der Waals surface area contributed by atoms with E-state index in [1.165, 1.54) is 5.69 Å². The minimum Gasteiger partial charge on any atom is -0.465 e. The summed E-state index contributed by atoms with van der Waals surface area (Å²) >= 11 is 0. The second-order valence-electron chi connectivity index (χ2n) is 5.71. The van der Waals surface area contributed by atoms with Crippen LogP contribution in [0.3, 0.4) is 0 Å². The van der Waals surface area contributed by atoms with Gasteiger partial charge in [0.15, 0.2) is 0 Å². The summed E-state index contributed by atoms with van der Waals surface area (Å²) in [6.07, 6.45) is 4.82. The quantitative estimate of drug-likeness (QED) is 0.608. The lowest BCUT2D eigenvalue weighted by molar-refractivity contribution is 0.144. The molecule has 0 saturated carbocycles. The molecule has 2 aromatic heterocycles. The van der Waals surface area contributed by atoms with E-state index in [2.05, 4.69) is 27.1 Å². The average Bonchev–Trinajstić information content (AvgIpc) is 3.01. The number of hydrogen-bond acceptors (Lipinski definition) is 4. The third kappa shape index (κ3) is 3.48. The number of fused-ring (bicyclic) bond motifs is 1. The minimum absolute atomic E-state index is 0.544. The fourth-order valence-electron chi connectivity index (χ4n) is 2.86. The summed E-state index contributed by atoms with van der Waals surface area (Å²) in [5.41, 5.74) is 2.29. The lowest BCUT2D eigenvalue weighted by atomic mass is 10.3. The Balaban J connectivity index is 1.70. The lowest BCUT2D eigenvalue weighted by Gasteiger charge is -2.18. The second kappa shape index (κ2) is 6.94. The topological polar surface area (TPSA) is 43.4 Å². The van der Waals surface area contributed by atoms with E-state index in [1.54, 1.807) is 6.08 Å². The largest absolute Gasteiger partial charge is 0.465 e. The molecule has 3 rings (SSSR count). The first-order chi connectivity index (χ1) is 10.8. The highest BCUT2D eigenvalue weighted by molar-refractivity contribution is 5.14. The Kier molecular flexibility index (Phi) is 4.75. The Morgan fingerprint density at radius 2 is 2.32 bits per heavy atom. The number of imidazole rings is 1. The highest BCUT2D eigenvalue weighted by Crippen LogP contribution is 2.19. The number of furan rings is 1. The molecule has 3 heterocycles. The van der Waals surface area contributed by atoms with Crippen molar-refractivity contribution in [1.29, 1.82) is 0 Å². The number of aryl methyl sites for hydroxylation is 2. The van der Waals surface area contributed by atoms with E-state index in [0.29, 0.717) is 13.2 Å². The molecular weight excluding hydrogens is 278 g/mol. The number of hydrogen-bond donors (Lipinski definition) is 0. The Morgan fingerprint density at radius 1 is 1.41 bits per heavy atom. The predicted octanol–water partition coefficient (Wildman–Crippen LogP) is 2.89. The fraction of sp³-hybridized carbons (Fsp3) is 0.471. The zero-order valence-corrected chi connectivity index (χ0v) is 13.1. The van der Waals surface area contributed by atoms with Crippen LogP contribution in [0.4, 0.5) is 0 Å². The molecule has 118 valence electrons. The number of nitrogens with zero attached hydrogens (tertiary/aromatic N) is 3. The first-order valence-electron chi connectivity index (χ1n) is 7.75. The Hall–Kier alpha value is -1.85. The zero-order chi connectivity index (χ0) is 15.4. The molecule has 0 bridgehead atoms. The predicted molar refractivity (Wildman–Crippen MR) is 84.3 cm³/mol. The Labute approximate surface area is 131 Å². The highest BCUT2D eigenvalue weighted by atomic mass is 16.5. The molecule has 0 N–H and O–H groups in total. The summed E-state index contributed by atoms with van der Waals surface area (Å²) in [6.45, 7) is 10.6.